The Hall–Kier alpha value is -4.71. The van der Waals surface area contributed by atoms with Crippen molar-refractivity contribution in [1.82, 2.24) is 30.8 Å². The number of nitrogens with one attached hydrogen (secondary N) is 3. The zero-order valence-corrected chi connectivity index (χ0v) is 30.9. The molecule has 274 valence electrons. The Bertz CT molecular complexity index is 2100. The monoisotopic (exact) mass is 754 g/mol. The number of pyridine rings is 2. The number of carbonyl (C=O) groups excluding carboxylic acids is 3. The van der Waals surface area contributed by atoms with Gasteiger partial charge in [-0.15, -0.1) is 0 Å². The first-order valence-electron chi connectivity index (χ1n) is 18.0. The van der Waals surface area contributed by atoms with E-state index < -0.39 is 6.09 Å². The fraction of sp³-hybridized carbons (Fsp3) is 0.375. The van der Waals surface area contributed by atoms with Crippen LogP contribution in [0.2, 0.25) is 10.0 Å². The second-order valence-electron chi connectivity index (χ2n) is 14.5. The number of aromatic nitrogens is 2. The van der Waals surface area contributed by atoms with Crippen LogP contribution < -0.4 is 20.7 Å². The summed E-state index contributed by atoms with van der Waals surface area (Å²) in [7, 11) is 1.62. The predicted octanol–water partition coefficient (Wildman–Crippen LogP) is 6.50. The molecule has 0 bridgehead atoms. The Morgan fingerprint density at radius 1 is 1.00 bits per heavy atom. The van der Waals surface area contributed by atoms with Gasteiger partial charge in [-0.3, -0.25) is 19.5 Å². The standard InChI is InChI=1S/C40H40Cl2N6O5/c1-52-38-25(19-48-21-40(22-48)17-34(50)45-20-40)9-12-31(47-38)30-6-3-5-28(35(30)41)29-14-15-43-37(36(29)42)24-8-11-27-23(16-24)4-2-7-32(27)53-39(51)44-18-26-10-13-33(49)46-26/h3,5-6,8-9,11-12,14-16,26,32H,2,4,7,10,13,17-22H2,1H3,(H,44,51)(H,45,50)(H,46,49)/t26-,32+/m0/s1. The smallest absolute Gasteiger partial charge is 0.407 e. The van der Waals surface area contributed by atoms with E-state index in [2.05, 4.69) is 31.9 Å². The lowest BCUT2D eigenvalue weighted by atomic mass is 9.79. The van der Waals surface area contributed by atoms with Crippen LogP contribution in [0.4, 0.5) is 4.79 Å². The number of aryl methyl sites for hydroxylation is 1. The first-order valence-corrected chi connectivity index (χ1v) is 18.8. The number of alkyl carbamates (subject to hydrolysis) is 1. The average Bonchev–Trinajstić information content (AvgIpc) is 3.76. The Morgan fingerprint density at radius 2 is 1.83 bits per heavy atom. The summed E-state index contributed by atoms with van der Waals surface area (Å²) in [5.74, 6) is 0.677. The lowest BCUT2D eigenvalue weighted by Gasteiger charge is -2.47. The van der Waals surface area contributed by atoms with Gasteiger partial charge in [0.15, 0.2) is 0 Å². The van der Waals surface area contributed by atoms with Crippen LogP contribution >= 0.6 is 23.2 Å². The van der Waals surface area contributed by atoms with Gasteiger partial charge in [-0.2, -0.15) is 0 Å². The minimum Gasteiger partial charge on any atom is -0.481 e. The molecule has 3 aliphatic heterocycles. The van der Waals surface area contributed by atoms with Gasteiger partial charge < -0.3 is 25.4 Å². The number of ether oxygens (including phenoxy) is 2. The van der Waals surface area contributed by atoms with Crippen LogP contribution in [0.5, 0.6) is 5.88 Å². The zero-order valence-electron chi connectivity index (χ0n) is 29.3. The number of benzene rings is 2. The van der Waals surface area contributed by atoms with Gasteiger partial charge in [0, 0.05) is 91.0 Å². The van der Waals surface area contributed by atoms with E-state index in [1.807, 2.05) is 48.5 Å². The van der Waals surface area contributed by atoms with Crippen LogP contribution in [0.3, 0.4) is 0 Å². The van der Waals surface area contributed by atoms with E-state index in [1.165, 1.54) is 0 Å². The fourth-order valence-corrected chi connectivity index (χ4v) is 8.83. The number of amides is 3. The number of methoxy groups -OCH3 is 1. The Kier molecular flexibility index (Phi) is 9.74. The van der Waals surface area contributed by atoms with Crippen LogP contribution in [0.25, 0.3) is 33.6 Å². The number of nitrogens with zero attached hydrogens (tertiary/aromatic N) is 3. The Labute approximate surface area is 317 Å². The van der Waals surface area contributed by atoms with E-state index in [9.17, 15) is 14.4 Å². The fourth-order valence-electron chi connectivity index (χ4n) is 8.18. The van der Waals surface area contributed by atoms with Crippen molar-refractivity contribution in [2.45, 2.75) is 57.2 Å². The summed E-state index contributed by atoms with van der Waals surface area (Å²) in [4.78, 5) is 47.7. The van der Waals surface area contributed by atoms with Gasteiger partial charge >= 0.3 is 6.09 Å². The molecule has 2 atom stereocenters. The molecule has 3 amide bonds. The molecule has 1 aliphatic carbocycles. The summed E-state index contributed by atoms with van der Waals surface area (Å²) in [6, 6.07) is 17.6. The highest BCUT2D eigenvalue weighted by molar-refractivity contribution is 6.39. The van der Waals surface area contributed by atoms with Gasteiger partial charge in [0.2, 0.25) is 17.7 Å². The minimum absolute atomic E-state index is 0.00801. The minimum atomic E-state index is -0.490. The Morgan fingerprint density at radius 3 is 2.60 bits per heavy atom. The van der Waals surface area contributed by atoms with Gasteiger partial charge in [-0.25, -0.2) is 9.78 Å². The van der Waals surface area contributed by atoms with Crippen molar-refractivity contribution in [1.29, 1.82) is 0 Å². The first-order chi connectivity index (χ1) is 25.7. The molecule has 2 aromatic carbocycles. The summed E-state index contributed by atoms with van der Waals surface area (Å²) in [6.45, 7) is 3.50. The molecule has 53 heavy (non-hydrogen) atoms. The van der Waals surface area contributed by atoms with E-state index >= 15 is 0 Å². The SMILES string of the molecule is COc1nc(-c2cccc(-c3ccnc(-c4ccc5c(c4)CCC[C@H]5OC(=O)NC[C@@H]4CCC(=O)N4)c3Cl)c2Cl)ccc1CN1CC2(CNC(=O)C2)C1. The number of hydrogen-bond acceptors (Lipinski definition) is 8. The number of hydrogen-bond donors (Lipinski definition) is 3. The maximum atomic E-state index is 12.6. The van der Waals surface area contributed by atoms with E-state index in [0.29, 0.717) is 59.7 Å². The lowest BCUT2D eigenvalue weighted by Crippen LogP contribution is -2.56. The molecule has 3 saturated heterocycles. The summed E-state index contributed by atoms with van der Waals surface area (Å²) in [6.07, 6.45) is 5.09. The van der Waals surface area contributed by atoms with Gasteiger partial charge in [-0.05, 0) is 55.0 Å². The largest absolute Gasteiger partial charge is 0.481 e. The molecule has 5 heterocycles. The molecule has 1 spiro atoms. The quantitative estimate of drug-likeness (QED) is 0.177. The third-order valence-electron chi connectivity index (χ3n) is 10.8. The average molecular weight is 756 g/mol. The van der Waals surface area contributed by atoms with Crippen LogP contribution in [0, 0.1) is 5.41 Å². The normalized spacial score (nSPS) is 20.4. The maximum Gasteiger partial charge on any atom is 0.407 e. The van der Waals surface area contributed by atoms with Crippen LogP contribution in [-0.2, 0) is 27.3 Å². The number of carbonyl (C=O) groups is 3. The van der Waals surface area contributed by atoms with Crippen molar-refractivity contribution in [3.05, 3.63) is 87.5 Å². The van der Waals surface area contributed by atoms with E-state index in [0.717, 1.165) is 77.8 Å². The van der Waals surface area contributed by atoms with Crippen molar-refractivity contribution in [3.63, 3.8) is 0 Å². The number of halogens is 2. The summed E-state index contributed by atoms with van der Waals surface area (Å²) in [5.41, 5.74) is 7.49. The molecule has 0 saturated carbocycles. The summed E-state index contributed by atoms with van der Waals surface area (Å²) < 4.78 is 11.6. The molecule has 4 aliphatic rings. The van der Waals surface area contributed by atoms with Crippen molar-refractivity contribution in [2.24, 2.45) is 5.41 Å². The molecular weight excluding hydrogens is 715 g/mol. The van der Waals surface area contributed by atoms with Crippen molar-refractivity contribution < 1.29 is 23.9 Å². The zero-order chi connectivity index (χ0) is 36.7. The first kappa shape index (κ1) is 35.3. The summed E-state index contributed by atoms with van der Waals surface area (Å²) >= 11 is 14.3. The molecule has 3 fully saturated rings. The lowest BCUT2D eigenvalue weighted by molar-refractivity contribution is -0.121. The second-order valence-corrected chi connectivity index (χ2v) is 15.3. The van der Waals surface area contributed by atoms with Gasteiger partial charge in [0.25, 0.3) is 0 Å². The Balaban J connectivity index is 0.991. The third-order valence-corrected chi connectivity index (χ3v) is 11.6. The molecule has 2 aromatic heterocycles. The highest BCUT2D eigenvalue weighted by atomic mass is 35.5. The van der Waals surface area contributed by atoms with E-state index in [-0.39, 0.29) is 29.4 Å². The van der Waals surface area contributed by atoms with Crippen molar-refractivity contribution >= 4 is 41.1 Å². The molecule has 4 aromatic rings. The van der Waals surface area contributed by atoms with Crippen LogP contribution in [-0.4, -0.2) is 72.1 Å². The molecule has 3 N–H and O–H groups in total. The molecule has 0 radical (unpaired) electrons. The molecule has 13 heteroatoms. The molecule has 0 unspecified atom stereocenters. The maximum absolute atomic E-state index is 12.6. The van der Waals surface area contributed by atoms with Gasteiger partial charge in [0.1, 0.15) is 6.10 Å². The second kappa shape index (κ2) is 14.6. The molecule has 11 nitrogen and oxygen atoms in total. The highest BCUT2D eigenvalue weighted by Crippen LogP contribution is 2.43. The van der Waals surface area contributed by atoms with Gasteiger partial charge in [-0.1, -0.05) is 59.6 Å². The van der Waals surface area contributed by atoms with E-state index in [4.69, 9.17) is 37.7 Å². The van der Waals surface area contributed by atoms with Crippen molar-refractivity contribution in [2.75, 3.05) is 33.3 Å². The van der Waals surface area contributed by atoms with Gasteiger partial charge in [0.05, 0.1) is 28.5 Å². The van der Waals surface area contributed by atoms with Crippen LogP contribution in [0.15, 0.2) is 60.8 Å². The number of fused-ring (bicyclic) bond motifs is 1. The third kappa shape index (κ3) is 7.17. The van der Waals surface area contributed by atoms with Crippen molar-refractivity contribution in [3.8, 4) is 39.5 Å². The predicted molar refractivity (Wildman–Crippen MR) is 202 cm³/mol. The van der Waals surface area contributed by atoms with Crippen LogP contribution in [0.1, 0.15) is 54.9 Å². The molecular formula is C40H40Cl2N6O5. The van der Waals surface area contributed by atoms with E-state index in [1.54, 1.807) is 13.3 Å². The number of rotatable bonds is 9. The summed E-state index contributed by atoms with van der Waals surface area (Å²) in [5, 5.41) is 9.60. The highest BCUT2D eigenvalue weighted by Gasteiger charge is 2.48. The number of likely N-dealkylation sites (tertiary alicyclic amines) is 1. The molecule has 8 rings (SSSR count). The topological polar surface area (TPSA) is 135 Å².